The molecule has 1 saturated heterocycles. The number of benzene rings is 1. The van der Waals surface area contributed by atoms with Crippen molar-refractivity contribution in [2.75, 3.05) is 18.4 Å². The first-order valence-corrected chi connectivity index (χ1v) is 5.06. The fraction of sp³-hybridized carbons (Fsp3) is 0.333. The minimum absolute atomic E-state index is 0.125. The summed E-state index contributed by atoms with van der Waals surface area (Å²) in [6.45, 7) is 1.46. The first kappa shape index (κ1) is 11.1. The molecule has 1 fully saturated rings. The molecule has 2 rings (SSSR count). The van der Waals surface area contributed by atoms with Gasteiger partial charge in [-0.3, -0.25) is 10.1 Å². The number of halogens is 2. The lowest BCUT2D eigenvalue weighted by Gasteiger charge is -2.28. The predicted molar refractivity (Wildman–Crippen MR) is 58.3 cm³/mol. The van der Waals surface area contributed by atoms with E-state index < -0.39 is 10.7 Å². The zero-order valence-corrected chi connectivity index (χ0v) is 8.92. The highest BCUT2D eigenvalue weighted by atomic mass is 35.5. The fourth-order valence-corrected chi connectivity index (χ4v) is 1.58. The quantitative estimate of drug-likeness (QED) is 0.629. The summed E-state index contributed by atoms with van der Waals surface area (Å²) in [6.07, 6.45) is 0. The van der Waals surface area contributed by atoms with Gasteiger partial charge in [0.1, 0.15) is 11.5 Å². The van der Waals surface area contributed by atoms with Crippen molar-refractivity contribution in [1.29, 1.82) is 0 Å². The molecule has 0 saturated carbocycles. The monoisotopic (exact) mass is 245 g/mol. The van der Waals surface area contributed by atoms with E-state index in [1.54, 1.807) is 0 Å². The van der Waals surface area contributed by atoms with Crippen molar-refractivity contribution in [2.45, 2.75) is 6.04 Å². The van der Waals surface area contributed by atoms with Gasteiger partial charge in [0.05, 0.1) is 22.1 Å². The summed E-state index contributed by atoms with van der Waals surface area (Å²) in [5.74, 6) is -0.786. The fourth-order valence-electron chi connectivity index (χ4n) is 1.41. The first-order chi connectivity index (χ1) is 7.58. The Labute approximate surface area is 95.7 Å². The van der Waals surface area contributed by atoms with Gasteiger partial charge in [0.25, 0.3) is 5.69 Å². The van der Waals surface area contributed by atoms with Gasteiger partial charge in [-0.05, 0) is 6.07 Å². The Morgan fingerprint density at radius 1 is 1.56 bits per heavy atom. The van der Waals surface area contributed by atoms with E-state index in [0.29, 0.717) is 0 Å². The smallest absolute Gasteiger partial charge is 0.295 e. The van der Waals surface area contributed by atoms with Crippen molar-refractivity contribution in [3.8, 4) is 0 Å². The second-order valence-electron chi connectivity index (χ2n) is 3.54. The number of nitro groups is 1. The molecular weight excluding hydrogens is 237 g/mol. The van der Waals surface area contributed by atoms with Gasteiger partial charge >= 0.3 is 0 Å². The van der Waals surface area contributed by atoms with Gasteiger partial charge in [-0.15, -0.1) is 0 Å². The van der Waals surface area contributed by atoms with Crippen LogP contribution >= 0.6 is 11.6 Å². The lowest BCUT2D eigenvalue weighted by Crippen LogP contribution is -2.51. The van der Waals surface area contributed by atoms with E-state index in [4.69, 9.17) is 11.6 Å². The Kier molecular flexibility index (Phi) is 2.93. The average molecular weight is 246 g/mol. The number of hydrogen-bond donors (Lipinski definition) is 2. The summed E-state index contributed by atoms with van der Waals surface area (Å²) in [7, 11) is 0. The summed E-state index contributed by atoms with van der Waals surface area (Å²) in [6, 6.07) is 2.20. The molecule has 0 atom stereocenters. The van der Waals surface area contributed by atoms with Crippen LogP contribution in [-0.4, -0.2) is 24.1 Å². The maximum atomic E-state index is 13.1. The molecule has 7 heteroatoms. The van der Waals surface area contributed by atoms with E-state index in [1.165, 1.54) is 6.07 Å². The highest BCUT2D eigenvalue weighted by Gasteiger charge is 2.23. The Morgan fingerprint density at radius 2 is 2.25 bits per heavy atom. The summed E-state index contributed by atoms with van der Waals surface area (Å²) in [4.78, 5) is 10.1. The molecule has 0 spiro atoms. The van der Waals surface area contributed by atoms with Crippen LogP contribution in [0.1, 0.15) is 0 Å². The minimum atomic E-state index is -0.786. The molecule has 0 aromatic heterocycles. The zero-order chi connectivity index (χ0) is 11.7. The van der Waals surface area contributed by atoms with Crippen molar-refractivity contribution in [1.82, 2.24) is 5.32 Å². The van der Waals surface area contributed by atoms with Gasteiger partial charge in [0.15, 0.2) is 0 Å². The van der Waals surface area contributed by atoms with Crippen molar-refractivity contribution < 1.29 is 9.31 Å². The summed E-state index contributed by atoms with van der Waals surface area (Å²) in [5.41, 5.74) is -0.0447. The molecule has 1 aromatic rings. The maximum absolute atomic E-state index is 13.1. The van der Waals surface area contributed by atoms with E-state index in [9.17, 15) is 14.5 Å². The van der Waals surface area contributed by atoms with Gasteiger partial charge in [-0.25, -0.2) is 4.39 Å². The van der Waals surface area contributed by atoms with E-state index in [-0.39, 0.29) is 22.4 Å². The number of nitrogens with zero attached hydrogens (tertiary/aromatic N) is 1. The molecule has 0 aliphatic carbocycles. The minimum Gasteiger partial charge on any atom is -0.374 e. The molecule has 1 heterocycles. The summed E-state index contributed by atoms with van der Waals surface area (Å²) < 4.78 is 13.1. The molecule has 1 aromatic carbocycles. The van der Waals surface area contributed by atoms with Crippen LogP contribution in [0.3, 0.4) is 0 Å². The van der Waals surface area contributed by atoms with E-state index in [1.807, 2.05) is 0 Å². The summed E-state index contributed by atoms with van der Waals surface area (Å²) in [5, 5.41) is 16.5. The molecule has 0 unspecified atom stereocenters. The molecule has 0 radical (unpaired) electrons. The number of nitro benzene ring substituents is 1. The third kappa shape index (κ3) is 2.07. The topological polar surface area (TPSA) is 67.2 Å². The largest absolute Gasteiger partial charge is 0.374 e. The first-order valence-electron chi connectivity index (χ1n) is 4.68. The predicted octanol–water partition coefficient (Wildman–Crippen LogP) is 1.77. The van der Waals surface area contributed by atoms with Crippen LogP contribution in [0.4, 0.5) is 15.8 Å². The van der Waals surface area contributed by atoms with Crippen molar-refractivity contribution in [3.63, 3.8) is 0 Å². The third-order valence-electron chi connectivity index (χ3n) is 2.38. The van der Waals surface area contributed by atoms with Crippen LogP contribution in [-0.2, 0) is 0 Å². The van der Waals surface area contributed by atoms with E-state index in [0.717, 1.165) is 19.2 Å². The van der Waals surface area contributed by atoms with Gasteiger partial charge < -0.3 is 10.6 Å². The number of nitrogens with one attached hydrogen (secondary N) is 2. The van der Waals surface area contributed by atoms with Gasteiger partial charge in [-0.1, -0.05) is 11.6 Å². The van der Waals surface area contributed by atoms with Gasteiger partial charge in [0, 0.05) is 13.1 Å². The second kappa shape index (κ2) is 4.23. The highest BCUT2D eigenvalue weighted by molar-refractivity contribution is 6.31. The number of anilines is 1. The Morgan fingerprint density at radius 3 is 2.75 bits per heavy atom. The Bertz CT molecular complexity index is 437. The van der Waals surface area contributed by atoms with E-state index >= 15 is 0 Å². The normalized spacial score (nSPS) is 15.6. The van der Waals surface area contributed by atoms with Crippen LogP contribution in [0, 0.1) is 15.9 Å². The van der Waals surface area contributed by atoms with Crippen LogP contribution in [0.5, 0.6) is 0 Å². The Hall–Kier alpha value is -1.40. The van der Waals surface area contributed by atoms with Crippen LogP contribution < -0.4 is 10.6 Å². The lowest BCUT2D eigenvalue weighted by atomic mass is 10.1. The molecular formula is C9H9ClFN3O2. The van der Waals surface area contributed by atoms with Crippen LogP contribution in [0.15, 0.2) is 12.1 Å². The number of hydrogen-bond acceptors (Lipinski definition) is 4. The molecule has 0 amide bonds. The standard InChI is InChI=1S/C9H9ClFN3O2/c10-6-1-8(13-5-3-12-4-5)9(14(15)16)2-7(6)11/h1-2,5,12-13H,3-4H2. The average Bonchev–Trinajstić information content (AvgIpc) is 2.16. The SMILES string of the molecule is O=[N+]([O-])c1cc(F)c(Cl)cc1NC1CNC1. The van der Waals surface area contributed by atoms with Crippen molar-refractivity contribution in [3.05, 3.63) is 33.1 Å². The highest BCUT2D eigenvalue weighted by Crippen LogP contribution is 2.30. The maximum Gasteiger partial charge on any atom is 0.295 e. The number of rotatable bonds is 3. The third-order valence-corrected chi connectivity index (χ3v) is 2.67. The van der Waals surface area contributed by atoms with Crippen molar-refractivity contribution >= 4 is 23.0 Å². The molecule has 1 aliphatic heterocycles. The summed E-state index contributed by atoms with van der Waals surface area (Å²) >= 11 is 5.58. The van der Waals surface area contributed by atoms with Crippen LogP contribution in [0.25, 0.3) is 0 Å². The second-order valence-corrected chi connectivity index (χ2v) is 3.95. The van der Waals surface area contributed by atoms with Gasteiger partial charge in [0.2, 0.25) is 0 Å². The molecule has 86 valence electrons. The van der Waals surface area contributed by atoms with E-state index in [2.05, 4.69) is 10.6 Å². The Balaban J connectivity index is 2.32. The van der Waals surface area contributed by atoms with Crippen molar-refractivity contribution in [2.24, 2.45) is 0 Å². The zero-order valence-electron chi connectivity index (χ0n) is 8.17. The molecule has 0 bridgehead atoms. The molecule has 1 aliphatic rings. The lowest BCUT2D eigenvalue weighted by molar-refractivity contribution is -0.384. The molecule has 5 nitrogen and oxygen atoms in total. The van der Waals surface area contributed by atoms with Crippen LogP contribution in [0.2, 0.25) is 5.02 Å². The molecule has 2 N–H and O–H groups in total. The van der Waals surface area contributed by atoms with Gasteiger partial charge in [-0.2, -0.15) is 0 Å². The molecule has 16 heavy (non-hydrogen) atoms.